The molecule has 0 fully saturated rings. The summed E-state index contributed by atoms with van der Waals surface area (Å²) in [5.41, 5.74) is 2.24. The average molecular weight is 243 g/mol. The van der Waals surface area contributed by atoms with Crippen LogP contribution in [0.15, 0.2) is 18.2 Å². The van der Waals surface area contributed by atoms with E-state index in [-0.39, 0.29) is 6.07 Å². The summed E-state index contributed by atoms with van der Waals surface area (Å²) in [5.74, 6) is -5.29. The van der Waals surface area contributed by atoms with Crippen LogP contribution in [0.3, 0.4) is 0 Å². The number of hydrogen-bond acceptors (Lipinski definition) is 1. The number of rotatable bonds is 2. The molecule has 1 rings (SSSR count). The molecule has 1 nitrogen and oxygen atoms in total. The van der Waals surface area contributed by atoms with Crippen LogP contribution in [0.1, 0.15) is 11.1 Å². The molecule has 7 heteroatoms. The molecule has 2 N–H and O–H groups in total. The van der Waals surface area contributed by atoms with Crippen LogP contribution < -0.4 is 5.73 Å². The van der Waals surface area contributed by atoms with Gasteiger partial charge < -0.3 is 5.73 Å². The van der Waals surface area contributed by atoms with E-state index in [0.29, 0.717) is 12.1 Å². The summed E-state index contributed by atoms with van der Waals surface area (Å²) in [6.07, 6.45) is -4.77. The lowest BCUT2D eigenvalue weighted by Crippen LogP contribution is -2.26. The van der Waals surface area contributed by atoms with Crippen molar-refractivity contribution >= 4 is 0 Å². The Morgan fingerprint density at radius 3 is 2.00 bits per heavy atom. The summed E-state index contributed by atoms with van der Waals surface area (Å²) in [5, 5.41) is 0. The van der Waals surface area contributed by atoms with Crippen LogP contribution in [0.2, 0.25) is 0 Å². The first-order valence-electron chi connectivity index (χ1n) is 4.13. The van der Waals surface area contributed by atoms with Crippen molar-refractivity contribution < 1.29 is 26.3 Å². The highest BCUT2D eigenvalue weighted by Gasteiger charge is 2.36. The van der Waals surface area contributed by atoms with E-state index in [9.17, 15) is 26.3 Å². The van der Waals surface area contributed by atoms with Gasteiger partial charge in [0.2, 0.25) is 0 Å². The normalized spacial score (nSPS) is 12.9. The summed E-state index contributed by atoms with van der Waals surface area (Å²) in [6, 6.07) is 0.811. The first-order valence-corrected chi connectivity index (χ1v) is 4.13. The Hall–Kier alpha value is -1.24. The Bertz CT molecular complexity index is 384. The van der Waals surface area contributed by atoms with Crippen LogP contribution in [-0.4, -0.2) is 6.54 Å². The fourth-order valence-corrected chi connectivity index (χ4v) is 1.10. The van der Waals surface area contributed by atoms with Gasteiger partial charge in [0.15, 0.2) is 0 Å². The predicted octanol–water partition coefficient (Wildman–Crippen LogP) is 2.90. The van der Waals surface area contributed by atoms with Gasteiger partial charge in [-0.05, 0) is 18.2 Å². The van der Waals surface area contributed by atoms with Gasteiger partial charge in [0, 0.05) is 0 Å². The molecule has 0 aliphatic rings. The van der Waals surface area contributed by atoms with Gasteiger partial charge >= 0.3 is 6.18 Å². The smallest absolute Gasteiger partial charge is 0.325 e. The minimum absolute atomic E-state index is 0.0267. The Kier molecular flexibility index (Phi) is 3.18. The average Bonchev–Trinajstić information content (AvgIpc) is 2.16. The molecule has 0 saturated carbocycles. The number of alkyl halides is 5. The van der Waals surface area contributed by atoms with Crippen molar-refractivity contribution in [3.8, 4) is 0 Å². The minimum atomic E-state index is -4.77. The maximum atomic E-state index is 13.0. The quantitative estimate of drug-likeness (QED) is 0.794. The fraction of sp³-hybridized carbons (Fsp3) is 0.333. The van der Waals surface area contributed by atoms with Gasteiger partial charge in [-0.25, -0.2) is 4.39 Å². The summed E-state index contributed by atoms with van der Waals surface area (Å²) in [6.45, 7) is -1.17. The van der Waals surface area contributed by atoms with Crippen molar-refractivity contribution in [2.45, 2.75) is 12.1 Å². The molecule has 0 aromatic heterocycles. The monoisotopic (exact) mass is 243 g/mol. The lowest BCUT2D eigenvalue weighted by atomic mass is 10.1. The molecule has 1 aromatic rings. The molecule has 90 valence electrons. The number of nitrogens with two attached hydrogens (primary N) is 1. The first-order chi connectivity index (χ1) is 7.18. The zero-order valence-corrected chi connectivity index (χ0v) is 7.78. The molecule has 0 aliphatic heterocycles. The Morgan fingerprint density at radius 1 is 1.06 bits per heavy atom. The van der Waals surface area contributed by atoms with Crippen molar-refractivity contribution in [1.82, 2.24) is 0 Å². The highest BCUT2D eigenvalue weighted by atomic mass is 19.4. The molecule has 0 bridgehead atoms. The van der Waals surface area contributed by atoms with E-state index in [1.807, 2.05) is 0 Å². The number of halogens is 6. The summed E-state index contributed by atoms with van der Waals surface area (Å²) in [4.78, 5) is 0. The maximum absolute atomic E-state index is 13.0. The third-order valence-corrected chi connectivity index (χ3v) is 1.95. The molecule has 0 unspecified atom stereocenters. The molecule has 0 spiro atoms. The van der Waals surface area contributed by atoms with Crippen LogP contribution in [0.25, 0.3) is 0 Å². The molecule has 1 aromatic carbocycles. The Morgan fingerprint density at radius 2 is 1.62 bits per heavy atom. The Balaban J connectivity index is 3.20. The lowest BCUT2D eigenvalue weighted by molar-refractivity contribution is -0.137. The van der Waals surface area contributed by atoms with Gasteiger partial charge in [-0.15, -0.1) is 0 Å². The lowest BCUT2D eigenvalue weighted by Gasteiger charge is -2.16. The van der Waals surface area contributed by atoms with E-state index < -0.39 is 35.6 Å². The SMILES string of the molecule is NCC(F)(F)c1ccc(C(F)(F)F)cc1F. The number of benzene rings is 1. The van der Waals surface area contributed by atoms with Crippen LogP contribution in [0.4, 0.5) is 26.3 Å². The Labute approximate surface area is 86.9 Å². The van der Waals surface area contributed by atoms with E-state index >= 15 is 0 Å². The van der Waals surface area contributed by atoms with Crippen molar-refractivity contribution in [1.29, 1.82) is 0 Å². The third kappa shape index (κ3) is 2.46. The van der Waals surface area contributed by atoms with Crippen LogP contribution in [-0.2, 0) is 12.1 Å². The van der Waals surface area contributed by atoms with Gasteiger partial charge in [-0.2, -0.15) is 22.0 Å². The van der Waals surface area contributed by atoms with Gasteiger partial charge in [-0.3, -0.25) is 0 Å². The fourth-order valence-electron chi connectivity index (χ4n) is 1.10. The highest BCUT2D eigenvalue weighted by molar-refractivity contribution is 5.29. The summed E-state index contributed by atoms with van der Waals surface area (Å²) in [7, 11) is 0. The maximum Gasteiger partial charge on any atom is 0.416 e. The van der Waals surface area contributed by atoms with E-state index in [2.05, 4.69) is 0 Å². The van der Waals surface area contributed by atoms with Crippen LogP contribution in [0, 0.1) is 5.82 Å². The van der Waals surface area contributed by atoms with E-state index in [0.717, 1.165) is 0 Å². The topological polar surface area (TPSA) is 26.0 Å². The molecule has 0 amide bonds. The van der Waals surface area contributed by atoms with E-state index in [1.54, 1.807) is 0 Å². The largest absolute Gasteiger partial charge is 0.416 e. The van der Waals surface area contributed by atoms with Crippen molar-refractivity contribution in [3.05, 3.63) is 35.1 Å². The first kappa shape index (κ1) is 12.8. The van der Waals surface area contributed by atoms with E-state index in [4.69, 9.17) is 5.73 Å². The van der Waals surface area contributed by atoms with Gasteiger partial charge in [0.1, 0.15) is 5.82 Å². The molecule has 0 atom stereocenters. The molecule has 0 heterocycles. The van der Waals surface area contributed by atoms with Crippen molar-refractivity contribution in [2.24, 2.45) is 5.73 Å². The second-order valence-electron chi connectivity index (χ2n) is 3.10. The molecular formula is C9H7F6N. The van der Waals surface area contributed by atoms with Crippen molar-refractivity contribution in [3.63, 3.8) is 0 Å². The molecular weight excluding hydrogens is 236 g/mol. The van der Waals surface area contributed by atoms with Crippen molar-refractivity contribution in [2.75, 3.05) is 6.54 Å². The zero-order chi connectivity index (χ0) is 12.6. The standard InChI is InChI=1S/C9H7F6N/c10-7-3-5(9(13,14)15)1-2-6(7)8(11,12)4-16/h1-3H,4,16H2. The molecule has 0 saturated heterocycles. The van der Waals surface area contributed by atoms with Gasteiger partial charge in [0.25, 0.3) is 5.92 Å². The van der Waals surface area contributed by atoms with Crippen LogP contribution in [0.5, 0.6) is 0 Å². The second-order valence-corrected chi connectivity index (χ2v) is 3.10. The van der Waals surface area contributed by atoms with Crippen LogP contribution >= 0.6 is 0 Å². The van der Waals surface area contributed by atoms with Gasteiger partial charge in [-0.1, -0.05) is 0 Å². The number of hydrogen-bond donors (Lipinski definition) is 1. The van der Waals surface area contributed by atoms with Gasteiger partial charge in [0.05, 0.1) is 17.7 Å². The highest BCUT2D eigenvalue weighted by Crippen LogP contribution is 2.34. The molecule has 16 heavy (non-hydrogen) atoms. The summed E-state index contributed by atoms with van der Waals surface area (Å²) < 4.78 is 75.2. The minimum Gasteiger partial charge on any atom is -0.325 e. The van der Waals surface area contributed by atoms with E-state index in [1.165, 1.54) is 0 Å². The zero-order valence-electron chi connectivity index (χ0n) is 7.78. The third-order valence-electron chi connectivity index (χ3n) is 1.95. The summed E-state index contributed by atoms with van der Waals surface area (Å²) >= 11 is 0. The molecule has 0 aliphatic carbocycles. The second kappa shape index (κ2) is 3.97. The predicted molar refractivity (Wildman–Crippen MR) is 44.4 cm³/mol. The molecule has 0 radical (unpaired) electrons.